The standard InChI is InChI=1S/C24H28N2O2/c1-24(2,3)28-23(27)14-16-26(18-19-9-5-4-6-10-19)15-13-20-17-25-22-12-8-7-11-21(20)22/h4-12,14,16-17,25H,13,15,18H2,1-3H3/b16-14+. The molecule has 3 aromatic rings. The van der Waals surface area contributed by atoms with E-state index >= 15 is 0 Å². The number of para-hydroxylation sites is 1. The zero-order valence-corrected chi connectivity index (χ0v) is 16.8. The molecule has 1 N–H and O–H groups in total. The van der Waals surface area contributed by atoms with Crippen molar-refractivity contribution in [2.24, 2.45) is 0 Å². The summed E-state index contributed by atoms with van der Waals surface area (Å²) >= 11 is 0. The Balaban J connectivity index is 1.71. The number of hydrogen-bond acceptors (Lipinski definition) is 3. The molecule has 1 aromatic heterocycles. The van der Waals surface area contributed by atoms with Gasteiger partial charge in [0.25, 0.3) is 0 Å². The first kappa shape index (κ1) is 19.7. The second-order valence-corrected chi connectivity index (χ2v) is 7.91. The average Bonchev–Trinajstić information content (AvgIpc) is 3.06. The zero-order valence-electron chi connectivity index (χ0n) is 16.8. The van der Waals surface area contributed by atoms with Crippen molar-refractivity contribution in [3.63, 3.8) is 0 Å². The number of ether oxygens (including phenoxy) is 1. The van der Waals surface area contributed by atoms with Gasteiger partial charge in [0.05, 0.1) is 0 Å². The van der Waals surface area contributed by atoms with Crippen molar-refractivity contribution in [1.82, 2.24) is 9.88 Å². The highest BCUT2D eigenvalue weighted by atomic mass is 16.6. The fourth-order valence-corrected chi connectivity index (χ4v) is 3.13. The molecule has 0 bridgehead atoms. The summed E-state index contributed by atoms with van der Waals surface area (Å²) in [5.74, 6) is -0.322. The van der Waals surface area contributed by atoms with Gasteiger partial charge in [-0.05, 0) is 44.4 Å². The van der Waals surface area contributed by atoms with E-state index in [9.17, 15) is 4.79 Å². The lowest BCUT2D eigenvalue weighted by Crippen LogP contribution is -2.24. The molecule has 28 heavy (non-hydrogen) atoms. The van der Waals surface area contributed by atoms with Gasteiger partial charge in [0, 0.05) is 42.5 Å². The van der Waals surface area contributed by atoms with Gasteiger partial charge in [-0.3, -0.25) is 0 Å². The summed E-state index contributed by atoms with van der Waals surface area (Å²) in [5.41, 5.74) is 3.14. The highest BCUT2D eigenvalue weighted by Gasteiger charge is 2.14. The minimum absolute atomic E-state index is 0.322. The van der Waals surface area contributed by atoms with Crippen molar-refractivity contribution in [2.45, 2.75) is 39.3 Å². The van der Waals surface area contributed by atoms with Crippen LogP contribution in [0.4, 0.5) is 0 Å². The topological polar surface area (TPSA) is 45.3 Å². The lowest BCUT2D eigenvalue weighted by molar-refractivity contribution is -0.148. The second kappa shape index (κ2) is 8.79. The molecule has 0 radical (unpaired) electrons. The predicted octanol–water partition coefficient (Wildman–Crippen LogP) is 5.07. The van der Waals surface area contributed by atoms with Crippen LogP contribution in [0.2, 0.25) is 0 Å². The quantitative estimate of drug-likeness (QED) is 0.463. The Bertz CT molecular complexity index is 936. The Morgan fingerprint density at radius 2 is 1.79 bits per heavy atom. The van der Waals surface area contributed by atoms with E-state index in [1.165, 1.54) is 22.6 Å². The van der Waals surface area contributed by atoms with Crippen molar-refractivity contribution >= 4 is 16.9 Å². The Morgan fingerprint density at radius 3 is 2.54 bits per heavy atom. The third kappa shape index (κ3) is 5.74. The van der Waals surface area contributed by atoms with Crippen molar-refractivity contribution in [3.8, 4) is 0 Å². The molecule has 2 aromatic carbocycles. The number of carbonyl (C=O) groups excluding carboxylic acids is 1. The first-order valence-corrected chi connectivity index (χ1v) is 9.65. The van der Waals surface area contributed by atoms with Crippen molar-refractivity contribution in [3.05, 3.63) is 84.2 Å². The summed E-state index contributed by atoms with van der Waals surface area (Å²) in [6, 6.07) is 18.6. The molecule has 4 nitrogen and oxygen atoms in total. The normalized spacial score (nSPS) is 11.8. The Morgan fingerprint density at radius 1 is 1.07 bits per heavy atom. The Labute approximate surface area is 166 Å². The van der Waals surface area contributed by atoms with Crippen LogP contribution in [0.1, 0.15) is 31.9 Å². The van der Waals surface area contributed by atoms with Crippen LogP contribution in [0.15, 0.2) is 73.1 Å². The number of hydrogen-bond donors (Lipinski definition) is 1. The van der Waals surface area contributed by atoms with Gasteiger partial charge in [0.2, 0.25) is 0 Å². The summed E-state index contributed by atoms with van der Waals surface area (Å²) in [4.78, 5) is 17.6. The van der Waals surface area contributed by atoms with Gasteiger partial charge in [0.15, 0.2) is 0 Å². The number of aromatic nitrogens is 1. The molecule has 0 saturated carbocycles. The molecule has 0 aliphatic rings. The lowest BCUT2D eigenvalue weighted by Gasteiger charge is -2.21. The number of esters is 1. The van der Waals surface area contributed by atoms with Gasteiger partial charge in [-0.15, -0.1) is 0 Å². The van der Waals surface area contributed by atoms with Crippen molar-refractivity contribution in [1.29, 1.82) is 0 Å². The van der Waals surface area contributed by atoms with Crippen LogP contribution in [0, 0.1) is 0 Å². The molecule has 0 amide bonds. The number of nitrogens with one attached hydrogen (secondary N) is 1. The van der Waals surface area contributed by atoms with Crippen LogP contribution in [0.5, 0.6) is 0 Å². The maximum Gasteiger partial charge on any atom is 0.332 e. The van der Waals surface area contributed by atoms with E-state index in [-0.39, 0.29) is 5.97 Å². The molecule has 0 atom stereocenters. The molecule has 3 rings (SSSR count). The summed E-state index contributed by atoms with van der Waals surface area (Å²) in [7, 11) is 0. The van der Waals surface area contributed by atoms with Crippen LogP contribution >= 0.6 is 0 Å². The third-order valence-electron chi connectivity index (χ3n) is 4.40. The van der Waals surface area contributed by atoms with E-state index in [1.807, 2.05) is 51.2 Å². The highest BCUT2D eigenvalue weighted by Crippen LogP contribution is 2.19. The zero-order chi connectivity index (χ0) is 20.0. The molecule has 146 valence electrons. The molecule has 1 heterocycles. The van der Waals surface area contributed by atoms with Crippen LogP contribution in [0.25, 0.3) is 10.9 Å². The predicted molar refractivity (Wildman–Crippen MR) is 114 cm³/mol. The molecule has 0 saturated heterocycles. The first-order chi connectivity index (χ1) is 13.4. The molecule has 0 aliphatic carbocycles. The summed E-state index contributed by atoms with van der Waals surface area (Å²) in [5, 5.41) is 1.25. The van der Waals surface area contributed by atoms with Gasteiger partial charge >= 0.3 is 5.97 Å². The van der Waals surface area contributed by atoms with Crippen molar-refractivity contribution < 1.29 is 9.53 Å². The minimum atomic E-state index is -0.490. The SMILES string of the molecule is CC(C)(C)OC(=O)/C=C/N(CCc1c[nH]c2ccccc12)Cc1ccccc1. The number of aromatic amines is 1. The number of rotatable bonds is 7. The van der Waals surface area contributed by atoms with Crippen LogP contribution < -0.4 is 0 Å². The monoisotopic (exact) mass is 376 g/mol. The molecule has 0 aliphatic heterocycles. The summed E-state index contributed by atoms with van der Waals surface area (Å²) < 4.78 is 5.39. The smallest absolute Gasteiger partial charge is 0.332 e. The van der Waals surface area contributed by atoms with E-state index < -0.39 is 5.60 Å². The number of carbonyl (C=O) groups is 1. The van der Waals surface area contributed by atoms with E-state index in [4.69, 9.17) is 4.74 Å². The largest absolute Gasteiger partial charge is 0.457 e. The van der Waals surface area contributed by atoms with Gasteiger partial charge < -0.3 is 14.6 Å². The van der Waals surface area contributed by atoms with E-state index in [0.717, 1.165) is 25.0 Å². The third-order valence-corrected chi connectivity index (χ3v) is 4.40. The second-order valence-electron chi connectivity index (χ2n) is 7.91. The molecular formula is C24H28N2O2. The molecule has 0 spiro atoms. The van der Waals surface area contributed by atoms with Crippen molar-refractivity contribution in [2.75, 3.05) is 6.54 Å². The van der Waals surface area contributed by atoms with E-state index in [0.29, 0.717) is 0 Å². The average molecular weight is 377 g/mol. The Kier molecular flexibility index (Phi) is 6.19. The van der Waals surface area contributed by atoms with Gasteiger partial charge in [-0.2, -0.15) is 0 Å². The molecule has 0 fully saturated rings. The summed E-state index contributed by atoms with van der Waals surface area (Å²) in [6.07, 6.45) is 6.32. The van der Waals surface area contributed by atoms with E-state index in [1.54, 1.807) is 0 Å². The van der Waals surface area contributed by atoms with Crippen LogP contribution in [-0.4, -0.2) is 28.0 Å². The number of H-pyrrole nitrogens is 1. The first-order valence-electron chi connectivity index (χ1n) is 9.65. The van der Waals surface area contributed by atoms with Gasteiger partial charge in [0.1, 0.15) is 5.60 Å². The van der Waals surface area contributed by atoms with Crippen LogP contribution in [0.3, 0.4) is 0 Å². The summed E-state index contributed by atoms with van der Waals surface area (Å²) in [6.45, 7) is 7.16. The number of nitrogens with zero attached hydrogens (tertiary/aromatic N) is 1. The van der Waals surface area contributed by atoms with Crippen LogP contribution in [-0.2, 0) is 22.5 Å². The molecule has 4 heteroatoms. The Hall–Kier alpha value is -3.01. The molecule has 0 unspecified atom stereocenters. The fraction of sp³-hybridized carbons (Fsp3) is 0.292. The lowest BCUT2D eigenvalue weighted by atomic mass is 10.1. The van der Waals surface area contributed by atoms with Gasteiger partial charge in [-0.1, -0.05) is 48.5 Å². The van der Waals surface area contributed by atoms with E-state index in [2.05, 4.69) is 46.4 Å². The minimum Gasteiger partial charge on any atom is -0.457 e. The fourth-order valence-electron chi connectivity index (χ4n) is 3.13. The number of fused-ring (bicyclic) bond motifs is 1. The maximum absolute atomic E-state index is 12.1. The molecular weight excluding hydrogens is 348 g/mol. The maximum atomic E-state index is 12.1. The highest BCUT2D eigenvalue weighted by molar-refractivity contribution is 5.83. The van der Waals surface area contributed by atoms with Gasteiger partial charge in [-0.25, -0.2) is 4.79 Å². The number of benzene rings is 2.